The summed E-state index contributed by atoms with van der Waals surface area (Å²) in [4.78, 5) is 27.6. The molecule has 0 aromatic heterocycles. The van der Waals surface area contributed by atoms with Crippen molar-refractivity contribution in [3.63, 3.8) is 0 Å². The van der Waals surface area contributed by atoms with Gasteiger partial charge in [0, 0.05) is 23.4 Å². The minimum Gasteiger partial charge on any atom is -0.396 e. The number of nitrogens with zero attached hydrogens (tertiary/aromatic N) is 1. The number of hydrogen-bond acceptors (Lipinski definition) is 4. The maximum atomic E-state index is 14.4. The number of rotatable bonds is 3. The topological polar surface area (TPSA) is 78.2 Å². The highest BCUT2D eigenvalue weighted by molar-refractivity contribution is 6.04. The van der Waals surface area contributed by atoms with Crippen LogP contribution in [0.1, 0.15) is 106 Å². The number of Topliss-reactive ketones (excluding diaryl/α,β-unsaturated/α-hetero) is 1. The summed E-state index contributed by atoms with van der Waals surface area (Å²) < 4.78 is 0. The van der Waals surface area contributed by atoms with E-state index in [-0.39, 0.29) is 57.2 Å². The van der Waals surface area contributed by atoms with Crippen LogP contribution in [0.15, 0.2) is 23.3 Å². The summed E-state index contributed by atoms with van der Waals surface area (Å²) in [7, 11) is 0. The van der Waals surface area contributed by atoms with Crippen LogP contribution in [0.4, 0.5) is 0 Å². The molecule has 0 aliphatic heterocycles. The maximum Gasteiger partial charge on any atom is 0.178 e. The lowest BCUT2D eigenvalue weighted by molar-refractivity contribution is -0.173. The fourth-order valence-electron chi connectivity index (χ4n) is 10.6. The molecular formula is C33H47NO3. The molecule has 0 radical (unpaired) electrons. The first-order valence-electron chi connectivity index (χ1n) is 14.7. The molecule has 5 aliphatic carbocycles. The third-order valence-electron chi connectivity index (χ3n) is 12.9. The zero-order valence-corrected chi connectivity index (χ0v) is 24.2. The van der Waals surface area contributed by atoms with Crippen LogP contribution in [0.3, 0.4) is 0 Å². The van der Waals surface area contributed by atoms with E-state index in [1.807, 2.05) is 26.0 Å². The number of ketones is 2. The highest BCUT2D eigenvalue weighted by Gasteiger charge is 2.69. The van der Waals surface area contributed by atoms with E-state index in [4.69, 9.17) is 0 Å². The van der Waals surface area contributed by atoms with Crippen molar-refractivity contribution in [3.8, 4) is 6.07 Å². The van der Waals surface area contributed by atoms with Crippen LogP contribution in [0.5, 0.6) is 0 Å². The molecule has 202 valence electrons. The van der Waals surface area contributed by atoms with Crippen LogP contribution in [0, 0.1) is 61.6 Å². The maximum absolute atomic E-state index is 14.4. The summed E-state index contributed by atoms with van der Waals surface area (Å²) in [5.41, 5.74) is 0.380. The Morgan fingerprint density at radius 3 is 2.32 bits per heavy atom. The van der Waals surface area contributed by atoms with Gasteiger partial charge in [0.15, 0.2) is 11.6 Å². The Balaban J connectivity index is 1.67. The number of nitriles is 1. The van der Waals surface area contributed by atoms with Gasteiger partial charge >= 0.3 is 0 Å². The van der Waals surface area contributed by atoms with Crippen LogP contribution in [-0.4, -0.2) is 23.3 Å². The normalized spacial score (nSPS) is 45.9. The van der Waals surface area contributed by atoms with E-state index in [2.05, 4.69) is 40.7 Å². The van der Waals surface area contributed by atoms with E-state index in [1.165, 1.54) is 12.0 Å². The summed E-state index contributed by atoms with van der Waals surface area (Å²) in [6, 6.07) is 2.20. The fourth-order valence-corrected chi connectivity index (χ4v) is 10.6. The van der Waals surface area contributed by atoms with Crippen molar-refractivity contribution in [3.05, 3.63) is 23.3 Å². The molecule has 3 saturated carbocycles. The minimum absolute atomic E-state index is 0.00827. The largest absolute Gasteiger partial charge is 0.396 e. The third-order valence-corrected chi connectivity index (χ3v) is 12.9. The molecule has 5 rings (SSSR count). The molecule has 0 aromatic carbocycles. The Labute approximate surface area is 224 Å². The van der Waals surface area contributed by atoms with E-state index < -0.39 is 10.8 Å². The molecule has 0 heterocycles. The zero-order chi connectivity index (χ0) is 27.2. The molecule has 4 heteroatoms. The smallest absolute Gasteiger partial charge is 0.178 e. The number of carbonyl (C=O) groups excluding carboxylic acids is 2. The Hall–Kier alpha value is -1.73. The summed E-state index contributed by atoms with van der Waals surface area (Å²) in [5, 5.41) is 19.6. The summed E-state index contributed by atoms with van der Waals surface area (Å²) >= 11 is 0. The van der Waals surface area contributed by atoms with Crippen molar-refractivity contribution in [1.29, 1.82) is 5.26 Å². The van der Waals surface area contributed by atoms with E-state index in [9.17, 15) is 20.0 Å². The van der Waals surface area contributed by atoms with Gasteiger partial charge in [-0.3, -0.25) is 9.59 Å². The van der Waals surface area contributed by atoms with Crippen LogP contribution >= 0.6 is 0 Å². The first-order chi connectivity index (χ1) is 17.1. The predicted molar refractivity (Wildman–Crippen MR) is 145 cm³/mol. The van der Waals surface area contributed by atoms with E-state index >= 15 is 0 Å². The number of fused-ring (bicyclic) bond motifs is 7. The van der Waals surface area contributed by atoms with Gasteiger partial charge in [0.2, 0.25) is 0 Å². The van der Waals surface area contributed by atoms with Crippen molar-refractivity contribution in [2.24, 2.45) is 50.2 Å². The monoisotopic (exact) mass is 505 g/mol. The highest BCUT2D eigenvalue weighted by Crippen LogP contribution is 2.75. The second-order valence-electron chi connectivity index (χ2n) is 15.4. The van der Waals surface area contributed by atoms with Gasteiger partial charge in [0.25, 0.3) is 0 Å². The lowest BCUT2D eigenvalue weighted by Crippen LogP contribution is -2.64. The predicted octanol–water partition coefficient (Wildman–Crippen LogP) is 6.98. The fraction of sp³-hybridized carbons (Fsp3) is 0.788. The van der Waals surface area contributed by atoms with Gasteiger partial charge in [0.05, 0.1) is 5.57 Å². The molecular weight excluding hydrogens is 458 g/mol. The van der Waals surface area contributed by atoms with Gasteiger partial charge in [-0.1, -0.05) is 60.1 Å². The number of aliphatic hydroxyl groups excluding tert-OH is 1. The number of aliphatic hydroxyl groups is 1. The van der Waals surface area contributed by atoms with Crippen LogP contribution < -0.4 is 0 Å². The van der Waals surface area contributed by atoms with Crippen LogP contribution in [0.2, 0.25) is 0 Å². The Morgan fingerprint density at radius 1 is 1.00 bits per heavy atom. The van der Waals surface area contributed by atoms with E-state index in [0.717, 1.165) is 51.4 Å². The molecule has 5 aliphatic rings. The highest BCUT2D eigenvalue weighted by atomic mass is 16.3. The van der Waals surface area contributed by atoms with Gasteiger partial charge in [0.1, 0.15) is 6.07 Å². The molecule has 0 spiro atoms. The van der Waals surface area contributed by atoms with Crippen LogP contribution in [0.25, 0.3) is 0 Å². The molecule has 37 heavy (non-hydrogen) atoms. The molecule has 2 unspecified atom stereocenters. The van der Waals surface area contributed by atoms with Crippen molar-refractivity contribution >= 4 is 11.6 Å². The van der Waals surface area contributed by atoms with Crippen LogP contribution in [-0.2, 0) is 9.59 Å². The Kier molecular flexibility index (Phi) is 5.91. The average Bonchev–Trinajstić information content (AvgIpc) is 2.82. The van der Waals surface area contributed by atoms with E-state index in [0.29, 0.717) is 5.92 Å². The average molecular weight is 506 g/mol. The molecule has 4 nitrogen and oxygen atoms in total. The third kappa shape index (κ3) is 3.41. The first kappa shape index (κ1) is 26.9. The quantitative estimate of drug-likeness (QED) is 0.449. The molecule has 7 atom stereocenters. The van der Waals surface area contributed by atoms with Crippen molar-refractivity contribution in [1.82, 2.24) is 0 Å². The number of hydrogen-bond donors (Lipinski definition) is 1. The SMILES string of the molecule is CC1(C)CC[C@]2(CCCO)CC[C@]3(C)C(C(=O)C=C4[C@@]5(C)C=C(C#N)C(=O)C(C)(C)[C@@H]5CC[C@]43C)C2C1. The molecule has 0 saturated heterocycles. The van der Waals surface area contributed by atoms with Gasteiger partial charge in [-0.25, -0.2) is 0 Å². The standard InChI is InChI=1S/C33H47NO3/c1-28(2)12-14-33(10-8-16-35)15-13-32(7)26(22(33)19-28)23(36)17-25-30(5)18-21(20-34)27(37)29(3,4)24(30)9-11-31(25,32)6/h17-18,22,24,26,35H,8-16,19H2,1-7H3/t22?,24-,26?,30-,31+,32+,33+/m0/s1. The zero-order valence-electron chi connectivity index (χ0n) is 24.2. The van der Waals surface area contributed by atoms with Gasteiger partial charge in [-0.2, -0.15) is 5.26 Å². The van der Waals surface area contributed by atoms with Gasteiger partial charge in [-0.15, -0.1) is 0 Å². The summed E-state index contributed by atoms with van der Waals surface area (Å²) in [6.45, 7) is 16.0. The van der Waals surface area contributed by atoms with Crippen molar-refractivity contribution < 1.29 is 14.7 Å². The molecule has 0 bridgehead atoms. The molecule has 0 amide bonds. The van der Waals surface area contributed by atoms with Gasteiger partial charge < -0.3 is 5.11 Å². The second kappa shape index (κ2) is 8.14. The number of carbonyl (C=O) groups is 2. The second-order valence-corrected chi connectivity index (χ2v) is 15.4. The first-order valence-corrected chi connectivity index (χ1v) is 14.7. The summed E-state index contributed by atoms with van der Waals surface area (Å²) in [6.07, 6.45) is 13.2. The number of allylic oxidation sites excluding steroid dienone is 4. The lowest BCUT2D eigenvalue weighted by Gasteiger charge is -2.69. The summed E-state index contributed by atoms with van der Waals surface area (Å²) in [5.74, 6) is 0.630. The Morgan fingerprint density at radius 2 is 1.68 bits per heavy atom. The minimum atomic E-state index is -0.628. The van der Waals surface area contributed by atoms with E-state index in [1.54, 1.807) is 0 Å². The molecule has 1 N–H and O–H groups in total. The van der Waals surface area contributed by atoms with Crippen molar-refractivity contribution in [2.45, 2.75) is 106 Å². The molecule has 3 fully saturated rings. The Bertz CT molecular complexity index is 1140. The lowest BCUT2D eigenvalue weighted by atomic mass is 9.34. The van der Waals surface area contributed by atoms with Crippen molar-refractivity contribution in [2.75, 3.05) is 6.61 Å². The molecule has 0 aromatic rings. The van der Waals surface area contributed by atoms with Gasteiger partial charge in [-0.05, 0) is 97.4 Å².